The molecule has 0 aliphatic heterocycles. The van der Waals surface area contributed by atoms with Gasteiger partial charge in [0.2, 0.25) is 0 Å². The van der Waals surface area contributed by atoms with Crippen molar-refractivity contribution in [3.05, 3.63) is 212 Å². The quantitative estimate of drug-likeness (QED) is 0.172. The minimum Gasteiger partial charge on any atom is -0.463 e. The van der Waals surface area contributed by atoms with E-state index in [0.29, 0.717) is 28.1 Å². The molecular formula is C52H35NO2. The summed E-state index contributed by atoms with van der Waals surface area (Å²) in [6.07, 6.45) is 1.75. The summed E-state index contributed by atoms with van der Waals surface area (Å²) in [5.74, 6) is 0. The first-order chi connectivity index (χ1) is 29.0. The molecule has 2 heterocycles. The Morgan fingerprint density at radius 1 is 0.382 bits per heavy atom. The predicted octanol–water partition coefficient (Wildman–Crippen LogP) is 15.1. The molecule has 0 aliphatic carbocycles. The molecule has 10 aromatic rings. The summed E-state index contributed by atoms with van der Waals surface area (Å²) in [6, 6.07) is 58.7. The largest absolute Gasteiger partial charge is 0.463 e. The van der Waals surface area contributed by atoms with Crippen LogP contribution in [0.2, 0.25) is 0 Å². The highest BCUT2D eigenvalue weighted by atomic mass is 16.3. The number of nitrogens with zero attached hydrogens (tertiary/aromatic N) is 1. The fourth-order valence-electron chi connectivity index (χ4n) is 7.39. The van der Waals surface area contributed by atoms with Gasteiger partial charge in [-0.1, -0.05) is 170 Å². The second kappa shape index (κ2) is 13.9. The van der Waals surface area contributed by atoms with Gasteiger partial charge in [0.15, 0.2) is 0 Å². The van der Waals surface area contributed by atoms with Crippen LogP contribution in [-0.2, 0) is 0 Å². The van der Waals surface area contributed by atoms with Crippen LogP contribution in [0.5, 0.6) is 0 Å². The van der Waals surface area contributed by atoms with Crippen molar-refractivity contribution in [2.24, 2.45) is 0 Å². The molecule has 10 rings (SSSR count). The fraction of sp³-hybridized carbons (Fsp3) is 0. The summed E-state index contributed by atoms with van der Waals surface area (Å²) in [6.45, 7) is 0. The van der Waals surface area contributed by atoms with Crippen LogP contribution < -0.4 is 4.90 Å². The minimum absolute atomic E-state index is 0.116. The molecule has 0 radical (unpaired) electrons. The average Bonchev–Trinajstić information content (AvgIpc) is 3.71. The predicted molar refractivity (Wildman–Crippen MR) is 230 cm³/mol. The number of furan rings is 1. The highest BCUT2D eigenvalue weighted by molar-refractivity contribution is 6.09. The number of hydrogen-bond donors (Lipinski definition) is 0. The van der Waals surface area contributed by atoms with Gasteiger partial charge in [0.1, 0.15) is 16.7 Å². The van der Waals surface area contributed by atoms with Crippen molar-refractivity contribution in [2.45, 2.75) is 0 Å². The highest BCUT2D eigenvalue weighted by Gasteiger charge is 2.19. The zero-order valence-electron chi connectivity index (χ0n) is 33.7. The first kappa shape index (κ1) is 28.2. The summed E-state index contributed by atoms with van der Waals surface area (Å²) in [5, 5.41) is 4.76. The van der Waals surface area contributed by atoms with Crippen molar-refractivity contribution in [2.75, 3.05) is 4.90 Å². The van der Waals surface area contributed by atoms with Gasteiger partial charge in [-0.05, 0) is 58.4 Å². The first-order valence-electron chi connectivity index (χ1n) is 20.3. The second-order valence-electron chi connectivity index (χ2n) is 13.4. The number of anilines is 3. The Labute approximate surface area is 324 Å². The van der Waals surface area contributed by atoms with Crippen molar-refractivity contribution in [1.29, 1.82) is 0 Å². The van der Waals surface area contributed by atoms with Gasteiger partial charge in [-0.25, -0.2) is 0 Å². The molecule has 55 heavy (non-hydrogen) atoms. The van der Waals surface area contributed by atoms with Crippen LogP contribution in [0, 0.1) is 0 Å². The third-order valence-electron chi connectivity index (χ3n) is 10.1. The molecule has 0 saturated carbocycles. The van der Waals surface area contributed by atoms with Gasteiger partial charge in [-0.15, -0.1) is 0 Å². The molecule has 0 saturated heterocycles. The van der Waals surface area contributed by atoms with Crippen LogP contribution in [0.25, 0.3) is 77.1 Å². The van der Waals surface area contributed by atoms with Gasteiger partial charge in [0, 0.05) is 49.6 Å². The third-order valence-corrected chi connectivity index (χ3v) is 10.1. The summed E-state index contributed by atoms with van der Waals surface area (Å²) in [5.41, 5.74) is 7.62. The van der Waals surface area contributed by atoms with E-state index in [-0.39, 0.29) is 35.4 Å². The molecule has 0 N–H and O–H groups in total. The summed E-state index contributed by atoms with van der Waals surface area (Å²) >= 11 is 0. The van der Waals surface area contributed by atoms with Gasteiger partial charge >= 0.3 is 0 Å². The smallest absolute Gasteiger partial charge is 0.143 e. The number of hydrogen-bond acceptors (Lipinski definition) is 3. The van der Waals surface area contributed by atoms with E-state index in [1.165, 1.54) is 0 Å². The van der Waals surface area contributed by atoms with E-state index in [1.807, 2.05) is 144 Å². The topological polar surface area (TPSA) is 29.5 Å². The zero-order valence-corrected chi connectivity index (χ0v) is 29.7. The molecule has 3 heteroatoms. The maximum atomic E-state index is 9.68. The van der Waals surface area contributed by atoms with Crippen LogP contribution in [0.15, 0.2) is 221 Å². The van der Waals surface area contributed by atoms with Gasteiger partial charge in [-0.3, -0.25) is 0 Å². The molecule has 0 atom stereocenters. The van der Waals surface area contributed by atoms with Crippen LogP contribution in [-0.4, -0.2) is 0 Å². The van der Waals surface area contributed by atoms with Gasteiger partial charge in [0.25, 0.3) is 0 Å². The van der Waals surface area contributed by atoms with Gasteiger partial charge < -0.3 is 13.7 Å². The Hall–Kier alpha value is -7.36. The summed E-state index contributed by atoms with van der Waals surface area (Å²) in [7, 11) is 0. The Balaban J connectivity index is 1.20. The fourth-order valence-corrected chi connectivity index (χ4v) is 7.39. The molecule has 3 nitrogen and oxygen atoms in total. The number of para-hydroxylation sites is 3. The molecule has 0 aliphatic rings. The lowest BCUT2D eigenvalue weighted by molar-refractivity contribution is 0.612. The lowest BCUT2D eigenvalue weighted by Crippen LogP contribution is -2.11. The minimum atomic E-state index is -0.186. The number of fused-ring (bicyclic) bond motifs is 6. The van der Waals surface area contributed by atoms with E-state index >= 15 is 0 Å². The van der Waals surface area contributed by atoms with Crippen LogP contribution >= 0.6 is 0 Å². The van der Waals surface area contributed by atoms with Gasteiger partial charge in [-0.2, -0.15) is 0 Å². The Morgan fingerprint density at radius 3 is 1.85 bits per heavy atom. The number of benzene rings is 8. The standard InChI is InChI=1S/C52H35NO2/c1-2-13-36(14-3-1)37-27-31-42(32-28-37)53(43-33-29-39(30-34-43)46-21-12-22-48-47-20-9-11-24-50(47)55-52(46)48)49-23-10-8-18-44(49)41-17-5-4-16-40-26-25-38-15-6-7-19-45(38)51(40)54-35-41/h1-35H/i29D,30D,33D,34D. The molecule has 0 fully saturated rings. The molecule has 8 aromatic carbocycles. The monoisotopic (exact) mass is 709 g/mol. The maximum Gasteiger partial charge on any atom is 0.143 e. The van der Waals surface area contributed by atoms with E-state index < -0.39 is 0 Å². The van der Waals surface area contributed by atoms with E-state index in [0.717, 1.165) is 54.8 Å². The van der Waals surface area contributed by atoms with Crippen molar-refractivity contribution < 1.29 is 14.3 Å². The highest BCUT2D eigenvalue weighted by Crippen LogP contribution is 2.43. The van der Waals surface area contributed by atoms with Crippen molar-refractivity contribution in [3.63, 3.8) is 0 Å². The lowest BCUT2D eigenvalue weighted by atomic mass is 10.0. The van der Waals surface area contributed by atoms with Crippen LogP contribution in [0.1, 0.15) is 5.48 Å². The maximum absolute atomic E-state index is 9.68. The van der Waals surface area contributed by atoms with E-state index in [1.54, 1.807) is 12.3 Å². The van der Waals surface area contributed by atoms with Crippen molar-refractivity contribution in [3.8, 4) is 33.4 Å². The van der Waals surface area contributed by atoms with Crippen LogP contribution in [0.4, 0.5) is 17.1 Å². The molecule has 0 spiro atoms. The van der Waals surface area contributed by atoms with Gasteiger partial charge in [0.05, 0.1) is 17.4 Å². The third kappa shape index (κ3) is 5.98. The molecule has 0 amide bonds. The first-order valence-corrected chi connectivity index (χ1v) is 18.3. The zero-order chi connectivity index (χ0) is 40.0. The Kier molecular flexibility index (Phi) is 7.12. The van der Waals surface area contributed by atoms with Crippen molar-refractivity contribution in [1.82, 2.24) is 0 Å². The normalized spacial score (nSPS) is 12.3. The van der Waals surface area contributed by atoms with E-state index in [4.69, 9.17) is 8.83 Å². The Morgan fingerprint density at radius 2 is 1.00 bits per heavy atom. The number of rotatable bonds is 6. The molecule has 260 valence electrons. The van der Waals surface area contributed by atoms with E-state index in [9.17, 15) is 5.48 Å². The SMILES string of the molecule is [2H]c1c([2H])c(N(c2ccc(-c3ccccc3)cc2)c2ccccc2-c2ccccc3ccc4ccccc4c3oc2)c([2H])c([2H])c1-c1cccc2c1oc1ccccc12. The molecule has 0 bridgehead atoms. The average molecular weight is 710 g/mol. The van der Waals surface area contributed by atoms with Crippen molar-refractivity contribution >= 4 is 60.7 Å². The Bertz CT molecular complexity index is 3250. The van der Waals surface area contributed by atoms with Crippen LogP contribution in [0.3, 0.4) is 0 Å². The molecule has 2 aromatic heterocycles. The van der Waals surface area contributed by atoms with E-state index in [2.05, 4.69) is 36.4 Å². The molecular weight excluding hydrogens is 671 g/mol. The lowest BCUT2D eigenvalue weighted by Gasteiger charge is -2.28. The summed E-state index contributed by atoms with van der Waals surface area (Å²) in [4.78, 5) is 1.83. The second-order valence-corrected chi connectivity index (χ2v) is 13.4. The summed E-state index contributed by atoms with van der Waals surface area (Å²) < 4.78 is 51.3. The molecule has 0 unspecified atom stereocenters.